The summed E-state index contributed by atoms with van der Waals surface area (Å²) in [6.07, 6.45) is 5.48. The molecule has 0 radical (unpaired) electrons. The molecule has 0 fully saturated rings. The van der Waals surface area contributed by atoms with E-state index in [0.29, 0.717) is 46.1 Å². The van der Waals surface area contributed by atoms with Gasteiger partial charge in [-0.2, -0.15) is 4.98 Å². The van der Waals surface area contributed by atoms with Gasteiger partial charge in [0.2, 0.25) is 17.6 Å². The van der Waals surface area contributed by atoms with Crippen LogP contribution in [0.25, 0.3) is 34.0 Å². The van der Waals surface area contributed by atoms with Crippen molar-refractivity contribution in [1.82, 2.24) is 30.3 Å². The van der Waals surface area contributed by atoms with Gasteiger partial charge in [0.1, 0.15) is 29.2 Å². The molecule has 0 atom stereocenters. The van der Waals surface area contributed by atoms with Crippen molar-refractivity contribution in [3.05, 3.63) is 70.6 Å². The number of aromatic nitrogens is 6. The van der Waals surface area contributed by atoms with Crippen LogP contribution in [0.3, 0.4) is 0 Å². The van der Waals surface area contributed by atoms with Crippen molar-refractivity contribution in [2.24, 2.45) is 0 Å². The van der Waals surface area contributed by atoms with E-state index in [1.165, 1.54) is 14.2 Å². The van der Waals surface area contributed by atoms with E-state index >= 15 is 0 Å². The SMILES string of the molecule is CCCCc1[nH]c(=O)c(-c2nnc(Cc3nc(-c4cccnc4)no3)o2)c(O)c1-c1c(OC)cccc1OC. The highest BCUT2D eigenvalue weighted by Crippen LogP contribution is 2.46. The van der Waals surface area contributed by atoms with Gasteiger partial charge in [0, 0.05) is 23.7 Å². The zero-order valence-corrected chi connectivity index (χ0v) is 21.6. The zero-order chi connectivity index (χ0) is 27.4. The van der Waals surface area contributed by atoms with Gasteiger partial charge in [0.25, 0.3) is 11.4 Å². The molecule has 0 aliphatic heterocycles. The number of methoxy groups -OCH3 is 2. The molecule has 0 saturated carbocycles. The predicted molar refractivity (Wildman–Crippen MR) is 140 cm³/mol. The van der Waals surface area contributed by atoms with E-state index in [-0.39, 0.29) is 35.4 Å². The number of nitrogens with one attached hydrogen (secondary N) is 1. The van der Waals surface area contributed by atoms with E-state index in [9.17, 15) is 9.90 Å². The Morgan fingerprint density at radius 1 is 1.00 bits per heavy atom. The third-order valence-corrected chi connectivity index (χ3v) is 6.10. The summed E-state index contributed by atoms with van der Waals surface area (Å²) < 4.78 is 22.2. The number of aryl methyl sites for hydroxylation is 1. The molecule has 12 nitrogen and oxygen atoms in total. The second-order valence-electron chi connectivity index (χ2n) is 8.60. The van der Waals surface area contributed by atoms with Crippen molar-refractivity contribution in [3.63, 3.8) is 0 Å². The maximum Gasteiger partial charge on any atom is 0.264 e. The number of H-pyrrole nitrogens is 1. The summed E-state index contributed by atoms with van der Waals surface area (Å²) in [6, 6.07) is 8.85. The number of hydrogen-bond donors (Lipinski definition) is 2. The minimum atomic E-state index is -0.567. The van der Waals surface area contributed by atoms with E-state index < -0.39 is 5.56 Å². The van der Waals surface area contributed by atoms with Crippen LogP contribution in [0.4, 0.5) is 0 Å². The Labute approximate surface area is 222 Å². The molecule has 1 aromatic carbocycles. The number of pyridine rings is 2. The topological polar surface area (TPSA) is 162 Å². The Balaban J connectivity index is 1.55. The van der Waals surface area contributed by atoms with Crippen molar-refractivity contribution in [3.8, 4) is 51.2 Å². The highest BCUT2D eigenvalue weighted by molar-refractivity contribution is 5.87. The summed E-state index contributed by atoms with van der Waals surface area (Å²) in [6.45, 7) is 2.04. The van der Waals surface area contributed by atoms with Crippen LogP contribution in [0.1, 0.15) is 37.2 Å². The highest BCUT2D eigenvalue weighted by Gasteiger charge is 2.27. The lowest BCUT2D eigenvalue weighted by Crippen LogP contribution is -2.14. The maximum atomic E-state index is 13.2. The van der Waals surface area contributed by atoms with Gasteiger partial charge >= 0.3 is 0 Å². The summed E-state index contributed by atoms with van der Waals surface area (Å²) >= 11 is 0. The van der Waals surface area contributed by atoms with E-state index in [2.05, 4.69) is 30.3 Å². The predicted octanol–water partition coefficient (Wildman–Crippen LogP) is 4.19. The summed E-state index contributed by atoms with van der Waals surface area (Å²) in [5, 5.41) is 23.5. The molecular formula is C27H26N6O6. The molecule has 4 heterocycles. The maximum absolute atomic E-state index is 13.2. The molecule has 4 aromatic heterocycles. The van der Waals surface area contributed by atoms with Crippen molar-refractivity contribution < 1.29 is 23.5 Å². The molecule has 200 valence electrons. The fraction of sp³-hybridized carbons (Fsp3) is 0.259. The zero-order valence-electron chi connectivity index (χ0n) is 21.6. The second kappa shape index (κ2) is 11.2. The lowest BCUT2D eigenvalue weighted by atomic mass is 9.96. The number of nitrogens with zero attached hydrogens (tertiary/aromatic N) is 5. The van der Waals surface area contributed by atoms with Gasteiger partial charge in [-0.05, 0) is 37.1 Å². The van der Waals surface area contributed by atoms with Crippen molar-refractivity contribution in [2.45, 2.75) is 32.6 Å². The van der Waals surface area contributed by atoms with Crippen LogP contribution in [-0.2, 0) is 12.8 Å². The normalized spacial score (nSPS) is 11.1. The van der Waals surface area contributed by atoms with Crippen LogP contribution in [0, 0.1) is 0 Å². The first-order chi connectivity index (χ1) is 19.0. The monoisotopic (exact) mass is 530 g/mol. The molecular weight excluding hydrogens is 504 g/mol. The van der Waals surface area contributed by atoms with Gasteiger partial charge in [0.15, 0.2) is 0 Å². The molecule has 39 heavy (non-hydrogen) atoms. The molecule has 0 saturated heterocycles. The van der Waals surface area contributed by atoms with Crippen molar-refractivity contribution in [2.75, 3.05) is 14.2 Å². The largest absolute Gasteiger partial charge is 0.506 e. The number of aromatic hydroxyl groups is 1. The van der Waals surface area contributed by atoms with Gasteiger partial charge in [-0.1, -0.05) is 24.6 Å². The van der Waals surface area contributed by atoms with Gasteiger partial charge in [-0.3, -0.25) is 9.78 Å². The molecule has 0 aliphatic rings. The smallest absolute Gasteiger partial charge is 0.264 e. The van der Waals surface area contributed by atoms with E-state index in [1.807, 2.05) is 6.92 Å². The Bertz CT molecular complexity index is 1620. The minimum Gasteiger partial charge on any atom is -0.506 e. The number of hydrogen-bond acceptors (Lipinski definition) is 11. The number of ether oxygens (including phenoxy) is 2. The molecule has 0 aliphatic carbocycles. The summed E-state index contributed by atoms with van der Waals surface area (Å²) in [5.41, 5.74) is 1.36. The quantitative estimate of drug-likeness (QED) is 0.266. The van der Waals surface area contributed by atoms with Crippen molar-refractivity contribution >= 4 is 0 Å². The van der Waals surface area contributed by atoms with Crippen LogP contribution in [0.2, 0.25) is 0 Å². The summed E-state index contributed by atoms with van der Waals surface area (Å²) in [5.74, 6) is 1.17. The lowest BCUT2D eigenvalue weighted by molar-refractivity contribution is 0.373. The van der Waals surface area contributed by atoms with E-state index in [4.69, 9.17) is 18.4 Å². The molecule has 0 amide bonds. The van der Waals surface area contributed by atoms with Crippen LogP contribution in [0.5, 0.6) is 17.2 Å². The van der Waals surface area contributed by atoms with Crippen LogP contribution >= 0.6 is 0 Å². The average Bonchev–Trinajstić information content (AvgIpc) is 3.62. The van der Waals surface area contributed by atoms with Gasteiger partial charge < -0.3 is 28.5 Å². The number of unbranched alkanes of at least 4 members (excludes halogenated alkanes) is 1. The van der Waals surface area contributed by atoms with Gasteiger partial charge in [-0.25, -0.2) is 0 Å². The molecule has 2 N–H and O–H groups in total. The molecule has 0 unspecified atom stereocenters. The fourth-order valence-electron chi connectivity index (χ4n) is 4.24. The highest BCUT2D eigenvalue weighted by atomic mass is 16.5. The third-order valence-electron chi connectivity index (χ3n) is 6.10. The standard InChI is InChI=1S/C27H26N6O6/c1-4-5-9-16-21(22-17(36-2)10-6-11-18(22)37-3)24(34)23(26(35)29-16)27-32-31-20(38-27)13-19-30-25(33-39-19)15-8-7-12-28-14-15/h6-8,10-12,14H,4-5,9,13H2,1-3H3,(H2,29,34,35). The molecule has 12 heteroatoms. The average molecular weight is 531 g/mol. The lowest BCUT2D eigenvalue weighted by Gasteiger charge is -2.18. The molecule has 0 spiro atoms. The minimum absolute atomic E-state index is 0.0285. The third kappa shape index (κ3) is 5.08. The first-order valence-electron chi connectivity index (χ1n) is 12.3. The molecule has 0 bridgehead atoms. The Morgan fingerprint density at radius 2 is 1.79 bits per heavy atom. The molecule has 5 rings (SSSR count). The number of rotatable bonds is 10. The fourth-order valence-corrected chi connectivity index (χ4v) is 4.24. The molecule has 5 aromatic rings. The Morgan fingerprint density at radius 3 is 2.49 bits per heavy atom. The number of aromatic amines is 1. The Hall–Kier alpha value is -5.00. The van der Waals surface area contributed by atoms with Crippen molar-refractivity contribution in [1.29, 1.82) is 0 Å². The number of benzene rings is 1. The van der Waals surface area contributed by atoms with Gasteiger partial charge in [-0.15, -0.1) is 10.2 Å². The van der Waals surface area contributed by atoms with Crippen LogP contribution in [-0.4, -0.2) is 49.6 Å². The first kappa shape index (κ1) is 25.6. The van der Waals surface area contributed by atoms with Gasteiger partial charge in [0.05, 0.1) is 25.3 Å². The first-order valence-corrected chi connectivity index (χ1v) is 12.3. The van der Waals surface area contributed by atoms with E-state index in [1.54, 1.807) is 42.7 Å². The second-order valence-corrected chi connectivity index (χ2v) is 8.60. The van der Waals surface area contributed by atoms with Crippen LogP contribution < -0.4 is 15.0 Å². The Kier molecular flexibility index (Phi) is 7.34. The summed E-state index contributed by atoms with van der Waals surface area (Å²) in [7, 11) is 3.05. The van der Waals surface area contributed by atoms with Crippen LogP contribution in [0.15, 0.2) is 56.5 Å². The van der Waals surface area contributed by atoms with E-state index in [0.717, 1.165) is 12.8 Å². The summed E-state index contributed by atoms with van der Waals surface area (Å²) in [4.78, 5) is 24.5.